The zero-order valence-corrected chi connectivity index (χ0v) is 18.8. The van der Waals surface area contributed by atoms with Crippen molar-refractivity contribution in [1.82, 2.24) is 15.6 Å². The van der Waals surface area contributed by atoms with Crippen LogP contribution in [0.25, 0.3) is 10.2 Å². The van der Waals surface area contributed by atoms with Gasteiger partial charge in [-0.2, -0.15) is 0 Å². The summed E-state index contributed by atoms with van der Waals surface area (Å²) in [5.41, 5.74) is 1.39. The Labute approximate surface area is 188 Å². The second-order valence-electron chi connectivity index (χ2n) is 7.45. The highest BCUT2D eigenvalue weighted by atomic mass is 35.5. The molecule has 2 N–H and O–H groups in total. The van der Waals surface area contributed by atoms with Crippen molar-refractivity contribution in [2.45, 2.75) is 37.6 Å². The number of nitrogens with one attached hydrogen (secondary N) is 2. The number of amides is 1. The fourth-order valence-electron chi connectivity index (χ4n) is 3.76. The molecule has 1 aliphatic rings. The summed E-state index contributed by atoms with van der Waals surface area (Å²) >= 11 is 1.68. The van der Waals surface area contributed by atoms with Gasteiger partial charge in [0, 0.05) is 19.0 Å². The molecule has 3 aromatic rings. The van der Waals surface area contributed by atoms with Crippen LogP contribution in [-0.4, -0.2) is 30.0 Å². The lowest BCUT2D eigenvalue weighted by Crippen LogP contribution is -2.47. The fraction of sp³-hybridized carbons (Fsp3) is 0.364. The summed E-state index contributed by atoms with van der Waals surface area (Å²) in [5, 5.41) is 7.64. The monoisotopic (exact) mass is 451 g/mol. The number of carbonyl (C=O) groups is 1. The Morgan fingerprint density at radius 1 is 1.17 bits per heavy atom. The molecule has 7 heteroatoms. The van der Waals surface area contributed by atoms with Crippen LogP contribution in [0, 0.1) is 0 Å². The van der Waals surface area contributed by atoms with Crippen LogP contribution in [-0.2, 0) is 16.6 Å². The van der Waals surface area contributed by atoms with E-state index in [-0.39, 0.29) is 30.7 Å². The number of para-hydroxylation sites is 1. The fourth-order valence-corrected chi connectivity index (χ4v) is 4.88. The van der Waals surface area contributed by atoms with E-state index in [2.05, 4.69) is 16.7 Å². The molecule has 1 fully saturated rings. The molecule has 29 heavy (non-hydrogen) atoms. The van der Waals surface area contributed by atoms with Gasteiger partial charge >= 0.3 is 0 Å². The molecule has 1 aromatic heterocycles. The van der Waals surface area contributed by atoms with Gasteiger partial charge in [-0.25, -0.2) is 4.98 Å². The van der Waals surface area contributed by atoms with Crippen molar-refractivity contribution in [3.05, 3.63) is 65.2 Å². The summed E-state index contributed by atoms with van der Waals surface area (Å²) < 4.78 is 1.17. The first-order chi connectivity index (χ1) is 13.1. The number of hydrogen-bond donors (Lipinski definition) is 2. The molecule has 2 atom stereocenters. The standard InChI is InChI=1S/C22H25N3OS.2ClH/c1-22(16-8-3-2-4-9-16,21(26)24-15-17-10-7-13-23-17)14-20-25-18-11-5-6-12-19(18)27-20;;/h2-6,8-9,11-12,17,23H,7,10,13-15H2,1H3,(H,24,26);2*1H. The van der Waals surface area contributed by atoms with E-state index >= 15 is 0 Å². The molecule has 0 radical (unpaired) electrons. The molecule has 1 aliphatic heterocycles. The Bertz CT molecular complexity index is 895. The predicted octanol–water partition coefficient (Wildman–Crippen LogP) is 4.51. The van der Waals surface area contributed by atoms with Crippen LogP contribution in [0.1, 0.15) is 30.3 Å². The molecule has 1 amide bonds. The summed E-state index contributed by atoms with van der Waals surface area (Å²) in [4.78, 5) is 18.0. The van der Waals surface area contributed by atoms with Gasteiger partial charge in [-0.15, -0.1) is 36.2 Å². The quantitative estimate of drug-likeness (QED) is 0.579. The summed E-state index contributed by atoms with van der Waals surface area (Å²) in [5.74, 6) is 0.0710. The van der Waals surface area contributed by atoms with Crippen LogP contribution in [0.3, 0.4) is 0 Å². The largest absolute Gasteiger partial charge is 0.354 e. The van der Waals surface area contributed by atoms with Crippen LogP contribution >= 0.6 is 36.2 Å². The summed E-state index contributed by atoms with van der Waals surface area (Å²) in [6, 6.07) is 18.6. The van der Waals surface area contributed by atoms with Gasteiger partial charge in [0.25, 0.3) is 0 Å². The number of hydrogen-bond acceptors (Lipinski definition) is 4. The first kappa shape index (κ1) is 23.6. The van der Waals surface area contributed by atoms with Gasteiger partial charge in [-0.1, -0.05) is 42.5 Å². The number of carbonyl (C=O) groups excluding carboxylic acids is 1. The Kier molecular flexibility index (Phi) is 8.46. The SMILES string of the molecule is CC(Cc1nc2ccccc2s1)(C(=O)NCC1CCCN1)c1ccccc1.Cl.Cl. The Morgan fingerprint density at radius 2 is 1.90 bits per heavy atom. The highest BCUT2D eigenvalue weighted by molar-refractivity contribution is 7.18. The molecule has 4 nitrogen and oxygen atoms in total. The lowest BCUT2D eigenvalue weighted by Gasteiger charge is -2.29. The molecule has 4 rings (SSSR count). The molecule has 0 aliphatic carbocycles. The lowest BCUT2D eigenvalue weighted by atomic mass is 9.78. The summed E-state index contributed by atoms with van der Waals surface area (Å²) in [6.45, 7) is 3.76. The minimum Gasteiger partial charge on any atom is -0.354 e. The summed E-state index contributed by atoms with van der Waals surface area (Å²) in [6.07, 6.45) is 2.91. The molecule has 2 heterocycles. The third-order valence-corrected chi connectivity index (χ3v) is 6.46. The number of nitrogens with zero attached hydrogens (tertiary/aromatic N) is 1. The smallest absolute Gasteiger partial charge is 0.230 e. The molecule has 156 valence electrons. The minimum absolute atomic E-state index is 0. The van der Waals surface area contributed by atoms with Crippen molar-refractivity contribution >= 4 is 52.3 Å². The van der Waals surface area contributed by atoms with Crippen molar-refractivity contribution in [3.63, 3.8) is 0 Å². The number of fused-ring (bicyclic) bond motifs is 1. The van der Waals surface area contributed by atoms with E-state index in [1.807, 2.05) is 55.5 Å². The normalized spacial score (nSPS) is 17.8. The number of halogens is 2. The molecule has 2 unspecified atom stereocenters. The summed E-state index contributed by atoms with van der Waals surface area (Å²) in [7, 11) is 0. The lowest BCUT2D eigenvalue weighted by molar-refractivity contribution is -0.126. The van der Waals surface area contributed by atoms with E-state index in [9.17, 15) is 4.79 Å². The van der Waals surface area contributed by atoms with E-state index < -0.39 is 5.41 Å². The van der Waals surface area contributed by atoms with Gasteiger partial charge in [-0.05, 0) is 44.0 Å². The molecular weight excluding hydrogens is 425 g/mol. The maximum atomic E-state index is 13.3. The Hall–Kier alpha value is -1.66. The van der Waals surface area contributed by atoms with E-state index in [4.69, 9.17) is 4.98 Å². The molecular formula is C22H27Cl2N3OS. The average molecular weight is 452 g/mol. The minimum atomic E-state index is -0.645. The van der Waals surface area contributed by atoms with Crippen molar-refractivity contribution in [3.8, 4) is 0 Å². The molecule has 1 saturated heterocycles. The van der Waals surface area contributed by atoms with Gasteiger partial charge in [-0.3, -0.25) is 4.79 Å². The molecule has 0 saturated carbocycles. The van der Waals surface area contributed by atoms with Crippen LogP contribution in [0.2, 0.25) is 0 Å². The second-order valence-corrected chi connectivity index (χ2v) is 8.57. The highest BCUT2D eigenvalue weighted by Crippen LogP contribution is 2.32. The Morgan fingerprint density at radius 3 is 2.59 bits per heavy atom. The van der Waals surface area contributed by atoms with Crippen LogP contribution < -0.4 is 10.6 Å². The Balaban J connectivity index is 0.00000150. The molecule has 2 aromatic carbocycles. The highest BCUT2D eigenvalue weighted by Gasteiger charge is 2.36. The molecule has 0 spiro atoms. The van der Waals surface area contributed by atoms with Gasteiger partial charge in [0.05, 0.1) is 20.6 Å². The number of aromatic nitrogens is 1. The number of rotatable bonds is 6. The van der Waals surface area contributed by atoms with Crippen molar-refractivity contribution in [2.24, 2.45) is 0 Å². The third-order valence-electron chi connectivity index (χ3n) is 5.43. The van der Waals surface area contributed by atoms with Gasteiger partial charge in [0.2, 0.25) is 5.91 Å². The van der Waals surface area contributed by atoms with E-state index in [0.717, 1.165) is 29.1 Å². The third kappa shape index (κ3) is 5.28. The van der Waals surface area contributed by atoms with E-state index in [0.29, 0.717) is 19.0 Å². The van der Waals surface area contributed by atoms with Crippen molar-refractivity contribution in [1.29, 1.82) is 0 Å². The van der Waals surface area contributed by atoms with Gasteiger partial charge in [0.15, 0.2) is 0 Å². The molecule has 0 bridgehead atoms. The van der Waals surface area contributed by atoms with Gasteiger partial charge < -0.3 is 10.6 Å². The topological polar surface area (TPSA) is 54.0 Å². The zero-order valence-electron chi connectivity index (χ0n) is 16.4. The predicted molar refractivity (Wildman–Crippen MR) is 126 cm³/mol. The maximum absolute atomic E-state index is 13.3. The number of benzene rings is 2. The first-order valence-electron chi connectivity index (χ1n) is 9.57. The maximum Gasteiger partial charge on any atom is 0.230 e. The van der Waals surface area contributed by atoms with E-state index in [1.165, 1.54) is 11.1 Å². The van der Waals surface area contributed by atoms with Crippen molar-refractivity contribution in [2.75, 3.05) is 13.1 Å². The van der Waals surface area contributed by atoms with E-state index in [1.54, 1.807) is 11.3 Å². The zero-order chi connectivity index (χ0) is 18.7. The first-order valence-corrected chi connectivity index (χ1v) is 10.4. The second kappa shape index (κ2) is 10.4. The van der Waals surface area contributed by atoms with Crippen LogP contribution in [0.4, 0.5) is 0 Å². The number of thiazole rings is 1. The van der Waals surface area contributed by atoms with Crippen molar-refractivity contribution < 1.29 is 4.79 Å². The average Bonchev–Trinajstić information content (AvgIpc) is 3.35. The van der Waals surface area contributed by atoms with Crippen LogP contribution in [0.5, 0.6) is 0 Å². The van der Waals surface area contributed by atoms with Gasteiger partial charge in [0.1, 0.15) is 0 Å². The van der Waals surface area contributed by atoms with Crippen LogP contribution in [0.15, 0.2) is 54.6 Å².